The summed E-state index contributed by atoms with van der Waals surface area (Å²) in [5, 5.41) is 0. The molecule has 440 valence electrons. The van der Waals surface area contributed by atoms with Gasteiger partial charge in [0.2, 0.25) is 0 Å². The molecule has 2 atom stereocenters. The number of carbonyl (C=O) groups is 4. The quantitative estimate of drug-likeness (QED) is 0.0188. The summed E-state index contributed by atoms with van der Waals surface area (Å²) in [6.45, 7) is 11.6. The topological polar surface area (TPSA) is 124 Å². The van der Waals surface area contributed by atoms with E-state index >= 15 is 26.3 Å². The molecule has 2 heterocycles. The van der Waals surface area contributed by atoms with Crippen LogP contribution in [0, 0.1) is 0 Å². The first kappa shape index (κ1) is 60.2. The fourth-order valence-corrected chi connectivity index (χ4v) is 14.2. The van der Waals surface area contributed by atoms with E-state index < -0.39 is 62.3 Å². The van der Waals surface area contributed by atoms with E-state index in [-0.39, 0.29) is 54.7 Å². The molecular weight excluding hydrogens is 1140 g/mol. The maximum Gasteiger partial charge on any atom is 0.380 e. The molecule has 0 N–H and O–H groups in total. The predicted octanol–water partition coefficient (Wildman–Crippen LogP) is 16.7. The van der Waals surface area contributed by atoms with Gasteiger partial charge < -0.3 is 28.4 Å². The largest absolute Gasteiger partial charge is 0.494 e. The van der Waals surface area contributed by atoms with Gasteiger partial charge in [-0.3, -0.25) is 0 Å². The molecular formula is C67H58F6O10S2. The zero-order valence-electron chi connectivity index (χ0n) is 46.4. The van der Waals surface area contributed by atoms with E-state index in [2.05, 4.69) is 13.2 Å². The number of ether oxygens (including phenoxy) is 6. The molecule has 0 bridgehead atoms. The number of carbonyl (C=O) groups excluding carboxylic acids is 4. The third-order valence-corrected chi connectivity index (χ3v) is 18.9. The zero-order valence-corrected chi connectivity index (χ0v) is 48.1. The SMILES string of the molecule is C=CC(=O)OCCCCCCOc1ccc(-c2ccc(OC(=O)c3ccc4c(c3)SC3(C)C4=C4C(=C5c6ccc(C(=O)Oc7ccc(-c8ccc(OCCCCCCOC(=O)C=C)cc8)cc7)cc6SC53C)C(F)(F)C(F)(F)C4(F)F)cc2)cc1. The third kappa shape index (κ3) is 11.7. The molecule has 2 aliphatic heterocycles. The molecule has 0 spiro atoms. The average Bonchev–Trinajstić information content (AvgIpc) is 1.50. The van der Waals surface area contributed by atoms with Gasteiger partial charge in [-0.05, 0) is 183 Å². The third-order valence-electron chi connectivity index (χ3n) is 15.6. The van der Waals surface area contributed by atoms with Crippen molar-refractivity contribution >= 4 is 58.5 Å². The number of allylic oxidation sites excluding steroid dienone is 2. The van der Waals surface area contributed by atoms with E-state index in [9.17, 15) is 19.2 Å². The molecule has 0 amide bonds. The summed E-state index contributed by atoms with van der Waals surface area (Å²) < 4.78 is 128. The van der Waals surface area contributed by atoms with E-state index in [0.29, 0.717) is 37.9 Å². The van der Waals surface area contributed by atoms with E-state index in [4.69, 9.17) is 28.4 Å². The fourth-order valence-electron chi connectivity index (χ4n) is 11.0. The highest BCUT2D eigenvalue weighted by molar-refractivity contribution is 8.06. The molecule has 1 fully saturated rings. The molecule has 6 aromatic rings. The molecule has 85 heavy (non-hydrogen) atoms. The summed E-state index contributed by atoms with van der Waals surface area (Å²) in [7, 11) is 0. The van der Waals surface area contributed by atoms with Gasteiger partial charge in [-0.25, -0.2) is 19.2 Å². The summed E-state index contributed by atoms with van der Waals surface area (Å²) in [5.41, 5.74) is -0.276. The first-order chi connectivity index (χ1) is 40.7. The molecule has 2 aliphatic carbocycles. The smallest absolute Gasteiger partial charge is 0.380 e. The predicted molar refractivity (Wildman–Crippen MR) is 314 cm³/mol. The molecule has 0 saturated heterocycles. The number of rotatable bonds is 24. The van der Waals surface area contributed by atoms with Gasteiger partial charge in [0.15, 0.2) is 0 Å². The zero-order chi connectivity index (χ0) is 60.3. The van der Waals surface area contributed by atoms with Crippen LogP contribution in [0.4, 0.5) is 26.3 Å². The number of benzene rings is 6. The van der Waals surface area contributed by atoms with Gasteiger partial charge in [0, 0.05) is 33.1 Å². The lowest BCUT2D eigenvalue weighted by atomic mass is 9.68. The second-order valence-electron chi connectivity index (χ2n) is 21.1. The number of hydrogen-bond acceptors (Lipinski definition) is 12. The number of fused-ring (bicyclic) bond motifs is 8. The van der Waals surface area contributed by atoms with E-state index in [1.807, 2.05) is 48.5 Å². The van der Waals surface area contributed by atoms with Gasteiger partial charge in [0.1, 0.15) is 23.0 Å². The van der Waals surface area contributed by atoms with E-state index in [1.54, 1.807) is 62.4 Å². The van der Waals surface area contributed by atoms with Crippen LogP contribution in [0.2, 0.25) is 0 Å². The van der Waals surface area contributed by atoms with Crippen LogP contribution in [0.1, 0.15) is 97.1 Å². The van der Waals surface area contributed by atoms with Crippen molar-refractivity contribution in [3.05, 3.63) is 192 Å². The van der Waals surface area contributed by atoms with Gasteiger partial charge in [-0.15, -0.1) is 23.5 Å². The second kappa shape index (κ2) is 24.6. The van der Waals surface area contributed by atoms with Crippen LogP contribution >= 0.6 is 23.5 Å². The molecule has 18 heteroatoms. The lowest BCUT2D eigenvalue weighted by Crippen LogP contribution is -2.47. The van der Waals surface area contributed by atoms with Crippen LogP contribution in [-0.4, -0.2) is 77.6 Å². The molecule has 4 aliphatic rings. The van der Waals surface area contributed by atoms with Crippen LogP contribution in [0.15, 0.2) is 180 Å². The van der Waals surface area contributed by atoms with Crippen molar-refractivity contribution in [1.82, 2.24) is 0 Å². The number of hydrogen-bond donors (Lipinski definition) is 0. The highest BCUT2D eigenvalue weighted by Gasteiger charge is 2.85. The fraction of sp³-hybridized carbons (Fsp3) is 0.284. The Labute approximate surface area is 496 Å². The number of alkyl halides is 6. The van der Waals surface area contributed by atoms with Gasteiger partial charge in [0.25, 0.3) is 0 Å². The molecule has 10 nitrogen and oxygen atoms in total. The van der Waals surface area contributed by atoms with Crippen molar-refractivity contribution in [3.8, 4) is 45.3 Å². The Hall–Kier alpha value is -7.96. The molecule has 1 saturated carbocycles. The summed E-state index contributed by atoms with van der Waals surface area (Å²) in [6.07, 6.45) is 9.07. The number of esters is 4. The standard InChI is InChI=1S/C67H58F6O10S2/c1-5-55(74)80-37-13-9-7-11-35-78-47-25-15-41(16-26-47)43-19-29-49(30-20-43)82-61(76)45-23-33-51-53(39-45)84-63(3)57(51)59-60(66(70,71)67(72,73)65(59,68)69)58-52-34-24-46(40-54(52)85-64(58,63)4)62(77)83-50-31-21-44(22-32-50)42-17-27-48(28-18-42)79-36-12-8-10-14-38-81-56(75)6-2/h5-6,15-34,39-40H,1-2,7-14,35-38H2,3-4H3. The lowest BCUT2D eigenvalue weighted by molar-refractivity contribution is -0.257. The van der Waals surface area contributed by atoms with Crippen LogP contribution in [0.25, 0.3) is 33.4 Å². The molecule has 2 unspecified atom stereocenters. The Morgan fingerprint density at radius 2 is 0.741 bits per heavy atom. The molecule has 0 aromatic heterocycles. The van der Waals surface area contributed by atoms with Crippen LogP contribution in [-0.2, 0) is 19.1 Å². The minimum atomic E-state index is -5.81. The molecule has 6 aromatic carbocycles. The Balaban J connectivity index is 0.800. The van der Waals surface area contributed by atoms with Crippen molar-refractivity contribution in [2.24, 2.45) is 0 Å². The van der Waals surface area contributed by atoms with Gasteiger partial charge >= 0.3 is 41.6 Å². The second-order valence-corrected chi connectivity index (χ2v) is 24.0. The summed E-state index contributed by atoms with van der Waals surface area (Å²) >= 11 is 2.01. The van der Waals surface area contributed by atoms with Crippen LogP contribution in [0.3, 0.4) is 0 Å². The van der Waals surface area contributed by atoms with Crippen LogP contribution < -0.4 is 18.9 Å². The average molecular weight is 1200 g/mol. The van der Waals surface area contributed by atoms with Gasteiger partial charge in [-0.1, -0.05) is 73.8 Å². The lowest BCUT2D eigenvalue weighted by Gasteiger charge is -2.47. The monoisotopic (exact) mass is 1200 g/mol. The number of thioether (sulfide) groups is 2. The van der Waals surface area contributed by atoms with Crippen molar-refractivity contribution < 1.29 is 73.9 Å². The van der Waals surface area contributed by atoms with Gasteiger partial charge in [0.05, 0.1) is 47.0 Å². The maximum absolute atomic E-state index is 16.5. The molecule has 10 rings (SSSR count). The maximum atomic E-state index is 16.5. The van der Waals surface area contributed by atoms with Crippen molar-refractivity contribution in [1.29, 1.82) is 0 Å². The minimum Gasteiger partial charge on any atom is -0.494 e. The van der Waals surface area contributed by atoms with Crippen molar-refractivity contribution in [2.45, 2.75) is 102 Å². The van der Waals surface area contributed by atoms with Crippen LogP contribution in [0.5, 0.6) is 23.0 Å². The van der Waals surface area contributed by atoms with Crippen molar-refractivity contribution in [3.63, 3.8) is 0 Å². The van der Waals surface area contributed by atoms with E-state index in [0.717, 1.165) is 109 Å². The highest BCUT2D eigenvalue weighted by Crippen LogP contribution is 2.78. The first-order valence-corrected chi connectivity index (χ1v) is 29.3. The number of halogens is 6. The van der Waals surface area contributed by atoms with Gasteiger partial charge in [-0.2, -0.15) is 26.3 Å². The molecule has 0 radical (unpaired) electrons. The Bertz CT molecular complexity index is 3400. The van der Waals surface area contributed by atoms with Crippen molar-refractivity contribution in [2.75, 3.05) is 26.4 Å². The Kier molecular flexibility index (Phi) is 17.4. The summed E-state index contributed by atoms with van der Waals surface area (Å²) in [5.74, 6) is -17.1. The summed E-state index contributed by atoms with van der Waals surface area (Å²) in [4.78, 5) is 50.3. The first-order valence-electron chi connectivity index (χ1n) is 27.7. The Morgan fingerprint density at radius 3 is 1.07 bits per heavy atom. The Morgan fingerprint density at radius 1 is 0.424 bits per heavy atom. The highest BCUT2D eigenvalue weighted by atomic mass is 32.2. The number of unbranched alkanes of at least 4 members (excludes halogenated alkanes) is 6. The normalized spacial score (nSPS) is 18.9. The minimum absolute atomic E-state index is 0.00261. The van der Waals surface area contributed by atoms with E-state index in [1.165, 1.54) is 36.4 Å². The summed E-state index contributed by atoms with van der Waals surface area (Å²) in [6, 6.07) is 36.5.